The van der Waals surface area contributed by atoms with Crippen LogP contribution in [-0.4, -0.2) is 14.2 Å². The van der Waals surface area contributed by atoms with Gasteiger partial charge in [-0.3, -0.25) is 0 Å². The number of hydrogen-bond donors (Lipinski definition) is 0. The van der Waals surface area contributed by atoms with E-state index in [4.69, 9.17) is 4.74 Å². The van der Waals surface area contributed by atoms with Crippen molar-refractivity contribution in [3.05, 3.63) is 146 Å². The van der Waals surface area contributed by atoms with Crippen molar-refractivity contribution in [2.45, 2.75) is 0 Å². The van der Waals surface area contributed by atoms with Crippen LogP contribution in [0.1, 0.15) is 0 Å². The maximum Gasteiger partial charge on any atom is 0.120 e. The van der Waals surface area contributed by atoms with E-state index in [1.807, 2.05) is 18.2 Å². The van der Waals surface area contributed by atoms with Crippen LogP contribution < -0.4 is 14.5 Å². The Kier molecular flexibility index (Phi) is 6.71. The summed E-state index contributed by atoms with van der Waals surface area (Å²) < 4.78 is 5.43. The Labute approximate surface area is 230 Å². The van der Waals surface area contributed by atoms with Gasteiger partial charge in [-0.1, -0.05) is 84.9 Å². The lowest BCUT2D eigenvalue weighted by Gasteiger charge is -2.28. The van der Waals surface area contributed by atoms with Gasteiger partial charge in [-0.2, -0.15) is 0 Å². The Balaban J connectivity index is 1.45. The molecule has 0 unspecified atom stereocenters. The second kappa shape index (κ2) is 10.8. The van der Waals surface area contributed by atoms with Crippen LogP contribution in [0.3, 0.4) is 0 Å². The van der Waals surface area contributed by atoms with E-state index in [1.165, 1.54) is 21.9 Å². The molecule has 0 aliphatic carbocycles. The maximum absolute atomic E-state index is 5.43. The third-order valence-electron chi connectivity index (χ3n) is 7.15. The average molecular weight is 507 g/mol. The molecule has 0 atom stereocenters. The summed E-state index contributed by atoms with van der Waals surface area (Å²) in [4.78, 5) is 4.52. The summed E-state index contributed by atoms with van der Waals surface area (Å²) in [6, 6.07) is 51.2. The molecule has 0 saturated heterocycles. The van der Waals surface area contributed by atoms with E-state index in [0.717, 1.165) is 34.2 Å². The molecule has 0 amide bonds. The van der Waals surface area contributed by atoms with Gasteiger partial charge in [0.25, 0.3) is 0 Å². The fourth-order valence-electron chi connectivity index (χ4n) is 5.08. The first-order valence-electron chi connectivity index (χ1n) is 13.1. The third-order valence-corrected chi connectivity index (χ3v) is 7.15. The first-order valence-corrected chi connectivity index (χ1v) is 13.1. The molecule has 0 aliphatic rings. The Hall–Kier alpha value is -5.02. The molecule has 6 rings (SSSR count). The molecular formula is C36H30N2O. The highest BCUT2D eigenvalue weighted by molar-refractivity contribution is 5.99. The van der Waals surface area contributed by atoms with Gasteiger partial charge in [0, 0.05) is 41.2 Å². The summed E-state index contributed by atoms with van der Waals surface area (Å²) >= 11 is 0. The largest absolute Gasteiger partial charge is 0.497 e. The summed E-state index contributed by atoms with van der Waals surface area (Å²) in [5.41, 5.74) is 7.92. The van der Waals surface area contributed by atoms with Crippen LogP contribution in [0, 0.1) is 0 Å². The molecule has 6 aromatic rings. The second-order valence-electron chi connectivity index (χ2n) is 9.53. The SMILES string of the molecule is COc1cccc(N(C)c2ccc(N(c3cccc(-c4ccccc4)c3)c3cccc4ccccc34)cc2)c1. The predicted octanol–water partition coefficient (Wildman–Crippen LogP) is 9.75. The summed E-state index contributed by atoms with van der Waals surface area (Å²) in [6.07, 6.45) is 0. The topological polar surface area (TPSA) is 15.7 Å². The van der Waals surface area contributed by atoms with Crippen LogP contribution in [0.25, 0.3) is 21.9 Å². The molecule has 3 nitrogen and oxygen atoms in total. The Morgan fingerprint density at radius 1 is 0.487 bits per heavy atom. The van der Waals surface area contributed by atoms with Gasteiger partial charge in [0.05, 0.1) is 12.8 Å². The highest BCUT2D eigenvalue weighted by Crippen LogP contribution is 2.41. The number of benzene rings is 6. The molecule has 0 fully saturated rings. The van der Waals surface area contributed by atoms with Crippen molar-refractivity contribution in [2.75, 3.05) is 24.0 Å². The molecule has 6 aromatic carbocycles. The standard InChI is InChI=1S/C36H30N2O/c1-37(32-16-10-18-34(26-32)39-2)30-21-23-31(24-22-30)38(36-20-9-14-28-13-6-7-19-35(28)36)33-17-8-15-29(25-33)27-11-4-3-5-12-27/h3-26H,1-2H3. The fourth-order valence-corrected chi connectivity index (χ4v) is 5.08. The van der Waals surface area contributed by atoms with Crippen LogP contribution in [0.15, 0.2) is 146 Å². The molecular weight excluding hydrogens is 476 g/mol. The molecule has 39 heavy (non-hydrogen) atoms. The van der Waals surface area contributed by atoms with Crippen molar-refractivity contribution < 1.29 is 4.74 Å². The normalized spacial score (nSPS) is 10.8. The molecule has 0 heterocycles. The zero-order valence-electron chi connectivity index (χ0n) is 22.2. The highest BCUT2D eigenvalue weighted by atomic mass is 16.5. The van der Waals surface area contributed by atoms with Crippen LogP contribution in [0.4, 0.5) is 28.4 Å². The van der Waals surface area contributed by atoms with E-state index in [0.29, 0.717) is 0 Å². The van der Waals surface area contributed by atoms with Gasteiger partial charge in [0.15, 0.2) is 0 Å². The number of anilines is 5. The molecule has 0 aliphatic heterocycles. The summed E-state index contributed by atoms with van der Waals surface area (Å²) in [5, 5.41) is 2.43. The Bertz CT molecular complexity index is 1710. The molecule has 0 aromatic heterocycles. The molecule has 0 spiro atoms. The van der Waals surface area contributed by atoms with Gasteiger partial charge in [-0.05, 0) is 71.1 Å². The van der Waals surface area contributed by atoms with Crippen molar-refractivity contribution in [2.24, 2.45) is 0 Å². The number of rotatable bonds is 7. The first-order chi connectivity index (χ1) is 19.2. The number of fused-ring (bicyclic) bond motifs is 1. The second-order valence-corrected chi connectivity index (χ2v) is 9.53. The molecule has 0 radical (unpaired) electrons. The minimum Gasteiger partial charge on any atom is -0.497 e. The van der Waals surface area contributed by atoms with Gasteiger partial charge in [0.1, 0.15) is 5.75 Å². The number of hydrogen-bond acceptors (Lipinski definition) is 3. The van der Waals surface area contributed by atoms with Gasteiger partial charge >= 0.3 is 0 Å². The van der Waals surface area contributed by atoms with Crippen LogP contribution in [0.2, 0.25) is 0 Å². The smallest absolute Gasteiger partial charge is 0.120 e. The average Bonchev–Trinajstić information content (AvgIpc) is 3.02. The maximum atomic E-state index is 5.43. The van der Waals surface area contributed by atoms with Crippen LogP contribution in [0.5, 0.6) is 5.75 Å². The zero-order valence-corrected chi connectivity index (χ0v) is 22.2. The van der Waals surface area contributed by atoms with Crippen molar-refractivity contribution in [3.8, 4) is 16.9 Å². The monoisotopic (exact) mass is 506 g/mol. The summed E-state index contributed by atoms with van der Waals surface area (Å²) in [7, 11) is 3.78. The van der Waals surface area contributed by atoms with Gasteiger partial charge in [0.2, 0.25) is 0 Å². The van der Waals surface area contributed by atoms with Gasteiger partial charge in [-0.15, -0.1) is 0 Å². The van der Waals surface area contributed by atoms with Crippen molar-refractivity contribution >= 4 is 39.2 Å². The van der Waals surface area contributed by atoms with Crippen molar-refractivity contribution in [3.63, 3.8) is 0 Å². The minimum absolute atomic E-state index is 0.844. The molecule has 0 saturated carbocycles. The molecule has 0 bridgehead atoms. The third kappa shape index (κ3) is 4.95. The summed E-state index contributed by atoms with van der Waals surface area (Å²) in [6.45, 7) is 0. The molecule has 0 N–H and O–H groups in total. The Morgan fingerprint density at radius 2 is 1.13 bits per heavy atom. The lowest BCUT2D eigenvalue weighted by molar-refractivity contribution is 0.415. The quantitative estimate of drug-likeness (QED) is 0.214. The van der Waals surface area contributed by atoms with Gasteiger partial charge in [-0.25, -0.2) is 0 Å². The minimum atomic E-state index is 0.844. The lowest BCUT2D eigenvalue weighted by Crippen LogP contribution is -2.12. The van der Waals surface area contributed by atoms with Gasteiger partial charge < -0.3 is 14.5 Å². The molecule has 190 valence electrons. The zero-order chi connectivity index (χ0) is 26.6. The number of ether oxygens (including phenoxy) is 1. The van der Waals surface area contributed by atoms with E-state index in [2.05, 4.69) is 144 Å². The van der Waals surface area contributed by atoms with Crippen molar-refractivity contribution in [1.82, 2.24) is 0 Å². The Morgan fingerprint density at radius 3 is 1.95 bits per heavy atom. The fraction of sp³-hybridized carbons (Fsp3) is 0.0556. The van der Waals surface area contributed by atoms with Crippen LogP contribution >= 0.6 is 0 Å². The lowest BCUT2D eigenvalue weighted by atomic mass is 10.0. The van der Waals surface area contributed by atoms with E-state index < -0.39 is 0 Å². The van der Waals surface area contributed by atoms with E-state index >= 15 is 0 Å². The van der Waals surface area contributed by atoms with E-state index in [-0.39, 0.29) is 0 Å². The predicted molar refractivity (Wildman–Crippen MR) is 165 cm³/mol. The summed E-state index contributed by atoms with van der Waals surface area (Å²) in [5.74, 6) is 0.844. The van der Waals surface area contributed by atoms with E-state index in [9.17, 15) is 0 Å². The van der Waals surface area contributed by atoms with Crippen LogP contribution in [-0.2, 0) is 0 Å². The van der Waals surface area contributed by atoms with E-state index in [1.54, 1.807) is 7.11 Å². The van der Waals surface area contributed by atoms with Crippen molar-refractivity contribution in [1.29, 1.82) is 0 Å². The number of methoxy groups -OCH3 is 1. The highest BCUT2D eigenvalue weighted by Gasteiger charge is 2.16. The first kappa shape index (κ1) is 24.3. The number of nitrogens with zero attached hydrogens (tertiary/aromatic N) is 2. The molecule has 3 heteroatoms.